The van der Waals surface area contributed by atoms with E-state index >= 15 is 0 Å². The van der Waals surface area contributed by atoms with Crippen molar-refractivity contribution in [1.29, 1.82) is 0 Å². The van der Waals surface area contributed by atoms with Crippen LogP contribution in [0.1, 0.15) is 6.92 Å². The standard InChI is InChI=1S/C12H13FN2S/c1-3-15(2)12-14-11(8-16-12)9-4-6-10(13)7-5-9/h4-8H,3H2,1-2H3. The lowest BCUT2D eigenvalue weighted by molar-refractivity contribution is 0.628. The van der Waals surface area contributed by atoms with E-state index in [0.29, 0.717) is 0 Å². The van der Waals surface area contributed by atoms with Gasteiger partial charge < -0.3 is 4.90 Å². The van der Waals surface area contributed by atoms with Gasteiger partial charge in [0.15, 0.2) is 5.13 Å². The molecule has 0 saturated heterocycles. The van der Waals surface area contributed by atoms with E-state index in [1.54, 1.807) is 23.5 Å². The lowest BCUT2D eigenvalue weighted by Crippen LogP contribution is -2.15. The summed E-state index contributed by atoms with van der Waals surface area (Å²) in [6, 6.07) is 6.41. The molecular formula is C12H13FN2S. The van der Waals surface area contributed by atoms with Crippen molar-refractivity contribution in [3.05, 3.63) is 35.5 Å². The molecule has 0 bridgehead atoms. The molecule has 1 heterocycles. The third-order valence-corrected chi connectivity index (χ3v) is 3.39. The highest BCUT2D eigenvalue weighted by molar-refractivity contribution is 7.14. The minimum Gasteiger partial charge on any atom is -0.351 e. The molecule has 2 rings (SSSR count). The summed E-state index contributed by atoms with van der Waals surface area (Å²) in [5.41, 5.74) is 1.86. The van der Waals surface area contributed by atoms with Crippen LogP contribution in [0.15, 0.2) is 29.6 Å². The number of hydrogen-bond acceptors (Lipinski definition) is 3. The van der Waals surface area contributed by atoms with Gasteiger partial charge in [0, 0.05) is 24.5 Å². The lowest BCUT2D eigenvalue weighted by Gasteiger charge is -2.11. The highest BCUT2D eigenvalue weighted by Crippen LogP contribution is 2.26. The summed E-state index contributed by atoms with van der Waals surface area (Å²) in [5, 5.41) is 2.98. The van der Waals surface area contributed by atoms with Crippen LogP contribution < -0.4 is 4.90 Å². The van der Waals surface area contributed by atoms with Gasteiger partial charge in [-0.2, -0.15) is 0 Å². The molecule has 0 aliphatic heterocycles. The fraction of sp³-hybridized carbons (Fsp3) is 0.250. The van der Waals surface area contributed by atoms with E-state index in [9.17, 15) is 4.39 Å². The van der Waals surface area contributed by atoms with Gasteiger partial charge in [-0.1, -0.05) is 0 Å². The maximum Gasteiger partial charge on any atom is 0.185 e. The van der Waals surface area contributed by atoms with Crippen LogP contribution >= 0.6 is 11.3 Å². The summed E-state index contributed by atoms with van der Waals surface area (Å²) in [7, 11) is 2.01. The second-order valence-electron chi connectivity index (χ2n) is 3.54. The number of nitrogens with zero attached hydrogens (tertiary/aromatic N) is 2. The predicted molar refractivity (Wildman–Crippen MR) is 66.5 cm³/mol. The van der Waals surface area contributed by atoms with E-state index in [0.717, 1.165) is 22.9 Å². The Bertz CT molecular complexity index is 464. The van der Waals surface area contributed by atoms with Crippen molar-refractivity contribution >= 4 is 16.5 Å². The number of benzene rings is 1. The monoisotopic (exact) mass is 236 g/mol. The van der Waals surface area contributed by atoms with Crippen molar-refractivity contribution in [2.24, 2.45) is 0 Å². The number of hydrogen-bond donors (Lipinski definition) is 0. The van der Waals surface area contributed by atoms with Gasteiger partial charge in [-0.05, 0) is 31.2 Å². The molecule has 0 amide bonds. The Labute approximate surface area is 98.4 Å². The first-order valence-corrected chi connectivity index (χ1v) is 6.01. The van der Waals surface area contributed by atoms with Crippen molar-refractivity contribution < 1.29 is 4.39 Å². The molecule has 16 heavy (non-hydrogen) atoms. The SMILES string of the molecule is CCN(C)c1nc(-c2ccc(F)cc2)cs1. The molecule has 0 aliphatic carbocycles. The molecule has 0 saturated carbocycles. The maximum atomic E-state index is 12.8. The number of aromatic nitrogens is 1. The Morgan fingerprint density at radius 1 is 1.31 bits per heavy atom. The summed E-state index contributed by atoms with van der Waals surface area (Å²) in [6.07, 6.45) is 0. The third-order valence-electron chi connectivity index (χ3n) is 2.43. The van der Waals surface area contributed by atoms with E-state index in [1.165, 1.54) is 12.1 Å². The van der Waals surface area contributed by atoms with E-state index in [4.69, 9.17) is 0 Å². The van der Waals surface area contributed by atoms with Crippen LogP contribution in [-0.4, -0.2) is 18.6 Å². The first kappa shape index (κ1) is 11.1. The second kappa shape index (κ2) is 4.61. The number of rotatable bonds is 3. The zero-order chi connectivity index (χ0) is 11.5. The average Bonchev–Trinajstić information content (AvgIpc) is 2.78. The molecule has 0 fully saturated rings. The van der Waals surface area contributed by atoms with E-state index < -0.39 is 0 Å². The minimum atomic E-state index is -0.218. The Kier molecular flexibility index (Phi) is 3.19. The maximum absolute atomic E-state index is 12.8. The molecular weight excluding hydrogens is 223 g/mol. The van der Waals surface area contributed by atoms with Gasteiger partial charge >= 0.3 is 0 Å². The minimum absolute atomic E-state index is 0.218. The first-order valence-electron chi connectivity index (χ1n) is 5.13. The van der Waals surface area contributed by atoms with Gasteiger partial charge in [0.1, 0.15) is 5.82 Å². The fourth-order valence-electron chi connectivity index (χ4n) is 1.33. The van der Waals surface area contributed by atoms with Gasteiger partial charge in [0.05, 0.1) is 5.69 Å². The van der Waals surface area contributed by atoms with Gasteiger partial charge in [0.2, 0.25) is 0 Å². The first-order chi connectivity index (χ1) is 7.70. The Balaban J connectivity index is 2.28. The van der Waals surface area contributed by atoms with E-state index in [1.807, 2.05) is 12.4 Å². The molecule has 2 nitrogen and oxygen atoms in total. The fourth-order valence-corrected chi connectivity index (χ4v) is 2.19. The lowest BCUT2D eigenvalue weighted by atomic mass is 10.2. The summed E-state index contributed by atoms with van der Waals surface area (Å²) in [6.45, 7) is 3.01. The molecule has 0 unspecified atom stereocenters. The highest BCUT2D eigenvalue weighted by Gasteiger charge is 2.06. The molecule has 0 spiro atoms. The van der Waals surface area contributed by atoms with Crippen molar-refractivity contribution in [3.63, 3.8) is 0 Å². The molecule has 0 aliphatic rings. The molecule has 0 radical (unpaired) electrons. The van der Waals surface area contributed by atoms with Crippen LogP contribution in [0.3, 0.4) is 0 Å². The van der Waals surface area contributed by atoms with E-state index in [-0.39, 0.29) is 5.82 Å². The summed E-state index contributed by atoms with van der Waals surface area (Å²) in [5.74, 6) is -0.218. The molecule has 2 aromatic rings. The Morgan fingerprint density at radius 3 is 2.62 bits per heavy atom. The van der Waals surface area contributed by atoms with Crippen LogP contribution in [0.2, 0.25) is 0 Å². The quantitative estimate of drug-likeness (QED) is 0.812. The topological polar surface area (TPSA) is 16.1 Å². The summed E-state index contributed by atoms with van der Waals surface area (Å²) >= 11 is 1.60. The zero-order valence-electron chi connectivity index (χ0n) is 9.27. The second-order valence-corrected chi connectivity index (χ2v) is 4.37. The average molecular weight is 236 g/mol. The van der Waals surface area contributed by atoms with Gasteiger partial charge in [-0.3, -0.25) is 0 Å². The van der Waals surface area contributed by atoms with Crippen LogP contribution in [0, 0.1) is 5.82 Å². The summed E-state index contributed by atoms with van der Waals surface area (Å²) < 4.78 is 12.8. The van der Waals surface area contributed by atoms with Crippen molar-refractivity contribution in [3.8, 4) is 11.3 Å². The molecule has 0 N–H and O–H groups in total. The normalized spacial score (nSPS) is 10.4. The number of anilines is 1. The Hall–Kier alpha value is -1.42. The molecule has 1 aromatic heterocycles. The summed E-state index contributed by atoms with van der Waals surface area (Å²) in [4.78, 5) is 6.58. The zero-order valence-corrected chi connectivity index (χ0v) is 10.1. The highest BCUT2D eigenvalue weighted by atomic mass is 32.1. The van der Waals surface area contributed by atoms with Crippen molar-refractivity contribution in [1.82, 2.24) is 4.98 Å². The molecule has 4 heteroatoms. The van der Waals surface area contributed by atoms with Gasteiger partial charge in [-0.15, -0.1) is 11.3 Å². The molecule has 1 aromatic carbocycles. The van der Waals surface area contributed by atoms with Crippen molar-refractivity contribution in [2.45, 2.75) is 6.92 Å². The van der Waals surface area contributed by atoms with Crippen molar-refractivity contribution in [2.75, 3.05) is 18.5 Å². The molecule has 84 valence electrons. The smallest absolute Gasteiger partial charge is 0.185 e. The van der Waals surface area contributed by atoms with Gasteiger partial charge in [0.25, 0.3) is 0 Å². The van der Waals surface area contributed by atoms with Gasteiger partial charge in [-0.25, -0.2) is 9.37 Å². The van der Waals surface area contributed by atoms with Crippen LogP contribution in [-0.2, 0) is 0 Å². The third kappa shape index (κ3) is 2.22. The van der Waals surface area contributed by atoms with Crippen LogP contribution in [0.4, 0.5) is 9.52 Å². The number of halogens is 1. The number of thiazole rings is 1. The largest absolute Gasteiger partial charge is 0.351 e. The molecule has 0 atom stereocenters. The predicted octanol–water partition coefficient (Wildman–Crippen LogP) is 3.41. The van der Waals surface area contributed by atoms with Crippen LogP contribution in [0.5, 0.6) is 0 Å². The van der Waals surface area contributed by atoms with Crippen LogP contribution in [0.25, 0.3) is 11.3 Å². The van der Waals surface area contributed by atoms with E-state index in [2.05, 4.69) is 16.8 Å². The Morgan fingerprint density at radius 2 is 2.00 bits per heavy atom.